The van der Waals surface area contributed by atoms with E-state index in [-0.39, 0.29) is 18.1 Å². The number of carbonyl (C=O) groups excluding carboxylic acids is 1. The molecule has 120 valence electrons. The van der Waals surface area contributed by atoms with Crippen LogP contribution in [0.3, 0.4) is 0 Å². The lowest BCUT2D eigenvalue weighted by molar-refractivity contribution is -0.144. The number of ether oxygens (including phenoxy) is 1. The molecule has 1 aromatic carbocycles. The smallest absolute Gasteiger partial charge is 0.252 e. The van der Waals surface area contributed by atoms with E-state index in [4.69, 9.17) is 10.5 Å². The maximum atomic E-state index is 12.8. The third-order valence-electron chi connectivity index (χ3n) is 4.70. The molecule has 1 aromatic rings. The zero-order valence-corrected chi connectivity index (χ0v) is 13.3. The van der Waals surface area contributed by atoms with E-state index in [0.29, 0.717) is 19.1 Å². The lowest BCUT2D eigenvalue weighted by Crippen LogP contribution is -2.40. The van der Waals surface area contributed by atoms with E-state index in [1.807, 2.05) is 4.90 Å². The van der Waals surface area contributed by atoms with Gasteiger partial charge < -0.3 is 15.4 Å². The van der Waals surface area contributed by atoms with Crippen molar-refractivity contribution in [3.63, 3.8) is 0 Å². The van der Waals surface area contributed by atoms with Crippen molar-refractivity contribution in [1.29, 1.82) is 0 Å². The zero-order chi connectivity index (χ0) is 15.5. The third-order valence-corrected chi connectivity index (χ3v) is 4.70. The highest BCUT2D eigenvalue weighted by Crippen LogP contribution is 2.31. The molecule has 1 saturated carbocycles. The molecule has 3 rings (SSSR count). The van der Waals surface area contributed by atoms with Gasteiger partial charge in [-0.05, 0) is 43.2 Å². The van der Waals surface area contributed by atoms with Gasteiger partial charge in [-0.15, -0.1) is 0 Å². The zero-order valence-electron chi connectivity index (χ0n) is 13.3. The molecule has 22 heavy (non-hydrogen) atoms. The van der Waals surface area contributed by atoms with Crippen LogP contribution < -0.4 is 5.73 Å². The molecule has 2 fully saturated rings. The van der Waals surface area contributed by atoms with Gasteiger partial charge >= 0.3 is 0 Å². The van der Waals surface area contributed by atoms with Crippen LogP contribution in [0.15, 0.2) is 24.3 Å². The van der Waals surface area contributed by atoms with Crippen molar-refractivity contribution < 1.29 is 9.53 Å². The molecule has 4 nitrogen and oxygen atoms in total. The lowest BCUT2D eigenvalue weighted by atomic mass is 10.1. The van der Waals surface area contributed by atoms with Crippen LogP contribution in [0.5, 0.6) is 0 Å². The predicted molar refractivity (Wildman–Crippen MR) is 86.3 cm³/mol. The maximum Gasteiger partial charge on any atom is 0.252 e. The second kappa shape index (κ2) is 6.80. The summed E-state index contributed by atoms with van der Waals surface area (Å²) in [5.74, 6) is 0.151. The Morgan fingerprint density at radius 1 is 1.18 bits per heavy atom. The van der Waals surface area contributed by atoms with Crippen LogP contribution in [0.2, 0.25) is 0 Å². The van der Waals surface area contributed by atoms with Crippen molar-refractivity contribution in [3.05, 3.63) is 35.4 Å². The van der Waals surface area contributed by atoms with Gasteiger partial charge in [-0.1, -0.05) is 31.2 Å². The van der Waals surface area contributed by atoms with E-state index in [2.05, 4.69) is 31.2 Å². The molecule has 1 saturated heterocycles. The van der Waals surface area contributed by atoms with Crippen molar-refractivity contribution in [1.82, 2.24) is 4.90 Å². The second-order valence-corrected chi connectivity index (χ2v) is 6.43. The van der Waals surface area contributed by atoms with Gasteiger partial charge in [0.15, 0.2) is 0 Å². The van der Waals surface area contributed by atoms with E-state index in [1.54, 1.807) is 0 Å². The first kappa shape index (κ1) is 15.5. The summed E-state index contributed by atoms with van der Waals surface area (Å²) in [4.78, 5) is 14.8. The van der Waals surface area contributed by atoms with Gasteiger partial charge in [0, 0.05) is 19.1 Å². The van der Waals surface area contributed by atoms with E-state index in [0.717, 1.165) is 32.1 Å². The first-order chi connectivity index (χ1) is 10.7. The topological polar surface area (TPSA) is 55.6 Å². The van der Waals surface area contributed by atoms with E-state index in [1.165, 1.54) is 11.1 Å². The first-order valence-corrected chi connectivity index (χ1v) is 8.45. The van der Waals surface area contributed by atoms with Crippen molar-refractivity contribution in [2.45, 2.75) is 63.8 Å². The molecule has 0 aromatic heterocycles. The number of aryl methyl sites for hydroxylation is 1. The Morgan fingerprint density at radius 3 is 2.41 bits per heavy atom. The van der Waals surface area contributed by atoms with Crippen LogP contribution in [0, 0.1) is 0 Å². The summed E-state index contributed by atoms with van der Waals surface area (Å²) in [6, 6.07) is 8.99. The monoisotopic (exact) mass is 302 g/mol. The minimum atomic E-state index is -0.288. The number of amides is 1. The van der Waals surface area contributed by atoms with Gasteiger partial charge in [0.05, 0.1) is 6.10 Å². The van der Waals surface area contributed by atoms with E-state index < -0.39 is 0 Å². The Kier molecular flexibility index (Phi) is 4.79. The largest absolute Gasteiger partial charge is 0.364 e. The van der Waals surface area contributed by atoms with E-state index >= 15 is 0 Å². The van der Waals surface area contributed by atoms with Crippen LogP contribution in [0.25, 0.3) is 0 Å². The highest BCUT2D eigenvalue weighted by atomic mass is 16.5. The lowest BCUT2D eigenvalue weighted by Gasteiger charge is -2.26. The normalized spacial score (nSPS) is 24.5. The van der Waals surface area contributed by atoms with E-state index in [9.17, 15) is 4.79 Å². The minimum Gasteiger partial charge on any atom is -0.364 e. The Labute approximate surface area is 132 Å². The van der Waals surface area contributed by atoms with Crippen LogP contribution in [0.4, 0.5) is 0 Å². The number of hydrogen-bond acceptors (Lipinski definition) is 3. The minimum absolute atomic E-state index is 0.0545. The molecule has 2 aliphatic rings. The summed E-state index contributed by atoms with van der Waals surface area (Å²) in [6.45, 7) is 3.35. The number of nitrogens with zero attached hydrogens (tertiary/aromatic N) is 1. The molecule has 0 unspecified atom stereocenters. The standard InChI is InChI=1S/C18H26N2O2/c1-2-13-3-5-14(6-4-13)12-20(15-7-8-15)18(21)17-10-9-16(11-19)22-17/h3-6,15-17H,2,7-12,19H2,1H3/t16-,17+/m1/s1. The molecule has 0 bridgehead atoms. The number of carbonyl (C=O) groups is 1. The average molecular weight is 302 g/mol. The summed E-state index contributed by atoms with van der Waals surface area (Å²) in [5, 5.41) is 0. The van der Waals surface area contributed by atoms with Gasteiger partial charge in [-0.2, -0.15) is 0 Å². The molecular weight excluding hydrogens is 276 g/mol. The summed E-state index contributed by atoms with van der Waals surface area (Å²) in [7, 11) is 0. The Bertz CT molecular complexity index is 510. The average Bonchev–Trinajstić information content (AvgIpc) is 3.28. The molecule has 1 aliphatic heterocycles. The van der Waals surface area contributed by atoms with Gasteiger partial charge in [-0.25, -0.2) is 0 Å². The summed E-state index contributed by atoms with van der Waals surface area (Å²) < 4.78 is 5.79. The van der Waals surface area contributed by atoms with Gasteiger partial charge in [0.25, 0.3) is 5.91 Å². The van der Waals surface area contributed by atoms with Gasteiger partial charge in [-0.3, -0.25) is 4.79 Å². The summed E-state index contributed by atoms with van der Waals surface area (Å²) in [6.07, 6.45) is 4.75. The van der Waals surface area contributed by atoms with Crippen LogP contribution in [-0.4, -0.2) is 35.6 Å². The van der Waals surface area contributed by atoms with Crippen molar-refractivity contribution in [2.75, 3.05) is 6.54 Å². The molecule has 4 heteroatoms. The quantitative estimate of drug-likeness (QED) is 0.877. The van der Waals surface area contributed by atoms with Crippen LogP contribution in [0.1, 0.15) is 43.7 Å². The molecule has 1 amide bonds. The predicted octanol–water partition coefficient (Wildman–Crippen LogP) is 2.25. The van der Waals surface area contributed by atoms with Crippen LogP contribution in [-0.2, 0) is 22.5 Å². The SMILES string of the molecule is CCc1ccc(CN(C(=O)[C@@H]2CC[C@H](CN)O2)C2CC2)cc1. The highest BCUT2D eigenvalue weighted by molar-refractivity contribution is 5.81. The van der Waals surface area contributed by atoms with Crippen molar-refractivity contribution >= 4 is 5.91 Å². The Balaban J connectivity index is 1.66. The summed E-state index contributed by atoms with van der Waals surface area (Å²) >= 11 is 0. The molecule has 1 aliphatic carbocycles. The molecule has 2 N–H and O–H groups in total. The fourth-order valence-electron chi connectivity index (χ4n) is 3.10. The Hall–Kier alpha value is -1.39. The fraction of sp³-hybridized carbons (Fsp3) is 0.611. The molecule has 2 atom stereocenters. The third kappa shape index (κ3) is 3.50. The second-order valence-electron chi connectivity index (χ2n) is 6.43. The van der Waals surface area contributed by atoms with Gasteiger partial charge in [0.1, 0.15) is 6.10 Å². The number of rotatable bonds is 6. The molecular formula is C18H26N2O2. The van der Waals surface area contributed by atoms with Gasteiger partial charge in [0.2, 0.25) is 0 Å². The van der Waals surface area contributed by atoms with Crippen molar-refractivity contribution in [3.8, 4) is 0 Å². The summed E-state index contributed by atoms with van der Waals surface area (Å²) in [5.41, 5.74) is 8.18. The molecule has 1 heterocycles. The number of nitrogens with two attached hydrogens (primary N) is 1. The Morgan fingerprint density at radius 2 is 1.86 bits per heavy atom. The fourth-order valence-corrected chi connectivity index (χ4v) is 3.10. The molecule has 0 radical (unpaired) electrons. The first-order valence-electron chi connectivity index (χ1n) is 8.45. The van der Waals surface area contributed by atoms with Crippen LogP contribution >= 0.6 is 0 Å². The highest BCUT2D eigenvalue weighted by Gasteiger charge is 2.39. The van der Waals surface area contributed by atoms with Crippen molar-refractivity contribution in [2.24, 2.45) is 5.73 Å². The molecule has 0 spiro atoms. The number of hydrogen-bond donors (Lipinski definition) is 1. The number of benzene rings is 1. The maximum absolute atomic E-state index is 12.8.